The number of carbonyl (C=O) groups excluding carboxylic acids is 1. The summed E-state index contributed by atoms with van der Waals surface area (Å²) >= 11 is 0. The van der Waals surface area contributed by atoms with Crippen molar-refractivity contribution in [1.29, 1.82) is 0 Å². The topological polar surface area (TPSA) is 103 Å². The number of benzene rings is 1. The fourth-order valence-corrected chi connectivity index (χ4v) is 4.75. The fourth-order valence-electron chi connectivity index (χ4n) is 3.99. The van der Waals surface area contributed by atoms with Crippen molar-refractivity contribution >= 4 is 21.7 Å². The van der Waals surface area contributed by atoms with E-state index in [1.54, 1.807) is 19.1 Å². The van der Waals surface area contributed by atoms with Gasteiger partial charge >= 0.3 is 5.97 Å². The number of esters is 1. The van der Waals surface area contributed by atoms with Crippen LogP contribution in [-0.2, 0) is 35.4 Å². The van der Waals surface area contributed by atoms with Crippen LogP contribution in [0.15, 0.2) is 48.6 Å². The first-order valence-electron chi connectivity index (χ1n) is 12.5. The van der Waals surface area contributed by atoms with E-state index in [2.05, 4.69) is 10.0 Å². The number of sulfonamides is 1. The lowest BCUT2D eigenvalue weighted by molar-refractivity contribution is -0.156. The molecular weight excluding hydrogens is 480 g/mol. The van der Waals surface area contributed by atoms with Gasteiger partial charge in [0.15, 0.2) is 11.8 Å². The van der Waals surface area contributed by atoms with Crippen LogP contribution in [-0.4, -0.2) is 57.8 Å². The third-order valence-corrected chi connectivity index (χ3v) is 6.03. The van der Waals surface area contributed by atoms with Crippen LogP contribution in [0.4, 0.5) is 5.69 Å². The van der Waals surface area contributed by atoms with Crippen LogP contribution in [0.25, 0.3) is 0 Å². The molecule has 0 radical (unpaired) electrons. The molecule has 0 saturated carbocycles. The van der Waals surface area contributed by atoms with Crippen molar-refractivity contribution in [2.75, 3.05) is 31.3 Å². The third kappa shape index (κ3) is 10.8. The van der Waals surface area contributed by atoms with Gasteiger partial charge in [-0.15, -0.1) is 0 Å². The van der Waals surface area contributed by atoms with Crippen molar-refractivity contribution in [2.45, 2.75) is 71.3 Å². The Bertz CT molecular complexity index is 982. The molecule has 0 heterocycles. The van der Waals surface area contributed by atoms with Crippen molar-refractivity contribution in [1.82, 2.24) is 4.72 Å². The molecular formula is C27H42N2O6S. The highest BCUT2D eigenvalue weighted by Crippen LogP contribution is 2.28. The molecule has 0 saturated heterocycles. The lowest BCUT2D eigenvalue weighted by Crippen LogP contribution is -2.51. The van der Waals surface area contributed by atoms with Crippen molar-refractivity contribution < 1.29 is 27.4 Å². The van der Waals surface area contributed by atoms with Crippen molar-refractivity contribution in [3.8, 4) is 0 Å². The minimum Gasteiger partial charge on any atom is -0.464 e. The minimum absolute atomic E-state index is 0.200. The number of hydrogen-bond donors (Lipinski definition) is 2. The smallest absolute Gasteiger partial charge is 0.335 e. The van der Waals surface area contributed by atoms with Gasteiger partial charge in [-0.2, -0.15) is 4.72 Å². The Morgan fingerprint density at radius 1 is 1.08 bits per heavy atom. The van der Waals surface area contributed by atoms with E-state index in [4.69, 9.17) is 14.2 Å². The molecule has 202 valence electrons. The van der Waals surface area contributed by atoms with Gasteiger partial charge in [-0.1, -0.05) is 24.3 Å². The van der Waals surface area contributed by atoms with E-state index in [0.717, 1.165) is 36.9 Å². The molecule has 0 fully saturated rings. The number of hydrogen-bond acceptors (Lipinski definition) is 7. The van der Waals surface area contributed by atoms with Crippen LogP contribution >= 0.6 is 0 Å². The number of carbonyl (C=O) groups is 1. The van der Waals surface area contributed by atoms with Gasteiger partial charge in [-0.05, 0) is 83.2 Å². The molecule has 2 N–H and O–H groups in total. The van der Waals surface area contributed by atoms with Crippen LogP contribution < -0.4 is 10.0 Å². The number of rotatable bonds is 14. The second kappa shape index (κ2) is 13.4. The first kappa shape index (κ1) is 30.0. The Kier molecular flexibility index (Phi) is 11.2. The highest BCUT2D eigenvalue weighted by molar-refractivity contribution is 7.88. The average Bonchev–Trinajstić information content (AvgIpc) is 2.76. The van der Waals surface area contributed by atoms with Crippen LogP contribution in [0, 0.1) is 5.92 Å². The molecule has 36 heavy (non-hydrogen) atoms. The molecule has 1 aromatic rings. The number of anilines is 1. The molecule has 8 nitrogen and oxygen atoms in total. The number of ether oxygens (including phenoxy) is 3. The van der Waals surface area contributed by atoms with Crippen LogP contribution in [0.1, 0.15) is 53.0 Å². The first-order valence-corrected chi connectivity index (χ1v) is 14.4. The Morgan fingerprint density at radius 3 is 2.25 bits per heavy atom. The average molecular weight is 523 g/mol. The molecule has 1 aromatic carbocycles. The monoisotopic (exact) mass is 522 g/mol. The molecule has 9 heteroatoms. The molecule has 0 bridgehead atoms. The van der Waals surface area contributed by atoms with E-state index in [1.165, 1.54) is 0 Å². The lowest BCUT2D eigenvalue weighted by Gasteiger charge is -2.37. The van der Waals surface area contributed by atoms with Gasteiger partial charge in [0.05, 0.1) is 18.5 Å². The second-order valence-electron chi connectivity index (χ2n) is 9.93. The Labute approximate surface area is 216 Å². The largest absolute Gasteiger partial charge is 0.464 e. The number of allylic oxidation sites excluding steroid dienone is 2. The molecule has 0 amide bonds. The summed E-state index contributed by atoms with van der Waals surface area (Å²) in [5, 5.41) is 3.42. The van der Waals surface area contributed by atoms with Crippen molar-refractivity contribution in [3.05, 3.63) is 54.1 Å². The van der Waals surface area contributed by atoms with Crippen molar-refractivity contribution in [3.63, 3.8) is 0 Å². The summed E-state index contributed by atoms with van der Waals surface area (Å²) < 4.78 is 43.0. The van der Waals surface area contributed by atoms with E-state index < -0.39 is 27.5 Å². The predicted molar refractivity (Wildman–Crippen MR) is 143 cm³/mol. The molecule has 1 atom stereocenters. The Hall–Kier alpha value is -2.20. The normalized spacial score (nSPS) is 20.8. The molecule has 1 unspecified atom stereocenters. The van der Waals surface area contributed by atoms with Gasteiger partial charge in [0.1, 0.15) is 0 Å². The molecule has 1 aliphatic rings. The lowest BCUT2D eigenvalue weighted by atomic mass is 9.94. The molecule has 2 rings (SSSR count). The third-order valence-electron chi connectivity index (χ3n) is 5.34. The van der Waals surface area contributed by atoms with E-state index in [0.29, 0.717) is 19.6 Å². The maximum Gasteiger partial charge on any atom is 0.335 e. The van der Waals surface area contributed by atoms with Crippen LogP contribution in [0.5, 0.6) is 0 Å². The zero-order chi connectivity index (χ0) is 26.8. The fraction of sp³-hybridized carbons (Fsp3) is 0.593. The van der Waals surface area contributed by atoms with Gasteiger partial charge < -0.3 is 19.5 Å². The van der Waals surface area contributed by atoms with Gasteiger partial charge in [0.2, 0.25) is 10.0 Å². The zero-order valence-corrected chi connectivity index (χ0v) is 23.2. The summed E-state index contributed by atoms with van der Waals surface area (Å²) in [4.78, 5) is 12.1. The van der Waals surface area contributed by atoms with E-state index >= 15 is 0 Å². The summed E-state index contributed by atoms with van der Waals surface area (Å²) in [6, 6.07) is 7.98. The minimum atomic E-state index is -3.46. The second-order valence-corrected chi connectivity index (χ2v) is 11.7. The summed E-state index contributed by atoms with van der Waals surface area (Å²) in [6.07, 6.45) is 10.4. The van der Waals surface area contributed by atoms with Crippen LogP contribution in [0.3, 0.4) is 0 Å². The summed E-state index contributed by atoms with van der Waals surface area (Å²) in [6.45, 7) is 10.9. The van der Waals surface area contributed by atoms with Gasteiger partial charge in [0.25, 0.3) is 0 Å². The SMILES string of the molecule is CCOC(=O)C(Cc1ccc(NCCCC2C=CC(NS(C)(=O)=O)(OC(C)(C)C)C=C2)cc1)OCC. The quantitative estimate of drug-likeness (QED) is 0.163. The van der Waals surface area contributed by atoms with Gasteiger partial charge in [-0.25, -0.2) is 13.2 Å². The Balaban J connectivity index is 1.83. The number of nitrogens with one attached hydrogen (secondary N) is 2. The molecule has 0 spiro atoms. The van der Waals surface area contributed by atoms with E-state index in [9.17, 15) is 13.2 Å². The van der Waals surface area contributed by atoms with Gasteiger partial charge in [0, 0.05) is 25.3 Å². The van der Waals surface area contributed by atoms with E-state index in [-0.39, 0.29) is 11.9 Å². The highest BCUT2D eigenvalue weighted by Gasteiger charge is 2.35. The summed E-state index contributed by atoms with van der Waals surface area (Å²) in [5.41, 5.74) is 0.318. The van der Waals surface area contributed by atoms with Crippen molar-refractivity contribution in [2.24, 2.45) is 5.92 Å². The molecule has 1 aliphatic carbocycles. The summed E-state index contributed by atoms with van der Waals surface area (Å²) in [7, 11) is -3.46. The first-order chi connectivity index (χ1) is 16.8. The summed E-state index contributed by atoms with van der Waals surface area (Å²) in [5.74, 6) is -0.132. The van der Waals surface area contributed by atoms with Crippen LogP contribution in [0.2, 0.25) is 0 Å². The van der Waals surface area contributed by atoms with Gasteiger partial charge in [-0.3, -0.25) is 0 Å². The molecule has 0 aromatic heterocycles. The maximum absolute atomic E-state index is 12.1. The standard InChI is InChI=1S/C27H42N2O6S/c1-7-33-24(25(30)34-8-2)20-22-11-13-23(14-12-22)28-19-9-10-21-15-17-27(18-16-21,29-36(6,31)32)35-26(3,4)5/h11-18,21,24,28-29H,7-10,19-20H2,1-6H3. The maximum atomic E-state index is 12.1. The van der Waals surface area contributed by atoms with E-state index in [1.807, 2.05) is 64.1 Å². The Morgan fingerprint density at radius 2 is 1.72 bits per heavy atom. The zero-order valence-electron chi connectivity index (χ0n) is 22.4. The predicted octanol–water partition coefficient (Wildman–Crippen LogP) is 4.19. The molecule has 0 aliphatic heterocycles. The highest BCUT2D eigenvalue weighted by atomic mass is 32.2.